The van der Waals surface area contributed by atoms with E-state index in [2.05, 4.69) is 15.3 Å². The van der Waals surface area contributed by atoms with Gasteiger partial charge in [-0.3, -0.25) is 0 Å². The molecule has 2 aromatic heterocycles. The molecule has 0 saturated heterocycles. The van der Waals surface area contributed by atoms with E-state index in [1.807, 2.05) is 12.3 Å². The fraction of sp³-hybridized carbons (Fsp3) is 0.364. The van der Waals surface area contributed by atoms with Gasteiger partial charge in [-0.2, -0.15) is 0 Å². The first kappa shape index (κ1) is 13.0. The van der Waals surface area contributed by atoms with Crippen LogP contribution >= 0.6 is 22.7 Å². The quantitative estimate of drug-likeness (QED) is 0.855. The molecule has 18 heavy (non-hydrogen) atoms. The zero-order valence-electron chi connectivity index (χ0n) is 10.0. The largest absolute Gasteiger partial charge is 0.461 e. The van der Waals surface area contributed by atoms with Gasteiger partial charge in [-0.1, -0.05) is 0 Å². The molecule has 2 heterocycles. The number of rotatable bonds is 5. The Labute approximate surface area is 113 Å². The standard InChI is InChI=1S/C11H13N3O2S2/c1-3-16-11(15)8-10(18-6-13-8)14-7(2)9-12-4-5-17-9/h4-7,14H,3H2,1-2H3. The number of nitrogens with one attached hydrogen (secondary N) is 1. The molecule has 2 aromatic rings. The van der Waals surface area contributed by atoms with Gasteiger partial charge in [-0.15, -0.1) is 22.7 Å². The molecule has 2 rings (SSSR count). The van der Waals surface area contributed by atoms with E-state index in [1.165, 1.54) is 11.3 Å². The topological polar surface area (TPSA) is 64.1 Å². The van der Waals surface area contributed by atoms with Crippen LogP contribution in [0.25, 0.3) is 0 Å². The molecule has 5 nitrogen and oxygen atoms in total. The van der Waals surface area contributed by atoms with Crippen molar-refractivity contribution in [3.63, 3.8) is 0 Å². The van der Waals surface area contributed by atoms with Crippen LogP contribution < -0.4 is 5.32 Å². The van der Waals surface area contributed by atoms with E-state index in [9.17, 15) is 4.79 Å². The van der Waals surface area contributed by atoms with E-state index >= 15 is 0 Å². The Morgan fingerprint density at radius 1 is 1.50 bits per heavy atom. The lowest BCUT2D eigenvalue weighted by molar-refractivity contribution is 0.0521. The minimum Gasteiger partial charge on any atom is -0.461 e. The van der Waals surface area contributed by atoms with Crippen LogP contribution in [0.5, 0.6) is 0 Å². The molecular formula is C11H13N3O2S2. The first-order valence-corrected chi connectivity index (χ1v) is 7.24. The molecule has 0 aliphatic carbocycles. The molecule has 1 atom stereocenters. The second-order valence-corrected chi connectivity index (χ2v) is 5.27. The average Bonchev–Trinajstić information content (AvgIpc) is 2.99. The molecule has 1 N–H and O–H groups in total. The summed E-state index contributed by atoms with van der Waals surface area (Å²) in [5.41, 5.74) is 1.97. The van der Waals surface area contributed by atoms with Gasteiger partial charge < -0.3 is 10.1 Å². The molecule has 7 heteroatoms. The highest BCUT2D eigenvalue weighted by Gasteiger charge is 2.18. The van der Waals surface area contributed by atoms with E-state index in [4.69, 9.17) is 4.74 Å². The number of nitrogens with zero attached hydrogens (tertiary/aromatic N) is 2. The average molecular weight is 283 g/mol. The summed E-state index contributed by atoms with van der Waals surface area (Å²) >= 11 is 2.95. The molecule has 0 aromatic carbocycles. The summed E-state index contributed by atoms with van der Waals surface area (Å²) in [7, 11) is 0. The normalized spacial score (nSPS) is 12.1. The number of carbonyl (C=O) groups excluding carboxylic acids is 1. The minimum absolute atomic E-state index is 0.0404. The van der Waals surface area contributed by atoms with Crippen molar-refractivity contribution < 1.29 is 9.53 Å². The van der Waals surface area contributed by atoms with Crippen LogP contribution in [-0.4, -0.2) is 22.5 Å². The van der Waals surface area contributed by atoms with Crippen LogP contribution in [0.1, 0.15) is 35.4 Å². The van der Waals surface area contributed by atoms with Crippen LogP contribution in [0.4, 0.5) is 5.00 Å². The number of aromatic nitrogens is 2. The summed E-state index contributed by atoms with van der Waals surface area (Å²) in [6.45, 7) is 4.11. The van der Waals surface area contributed by atoms with Gasteiger partial charge in [0.1, 0.15) is 10.0 Å². The van der Waals surface area contributed by atoms with Gasteiger partial charge in [-0.25, -0.2) is 14.8 Å². The van der Waals surface area contributed by atoms with E-state index in [-0.39, 0.29) is 6.04 Å². The highest BCUT2D eigenvalue weighted by atomic mass is 32.1. The third-order valence-electron chi connectivity index (χ3n) is 2.21. The molecule has 0 spiro atoms. The van der Waals surface area contributed by atoms with Gasteiger partial charge in [0.25, 0.3) is 0 Å². The first-order chi connectivity index (χ1) is 8.72. The molecule has 0 saturated carbocycles. The molecule has 1 unspecified atom stereocenters. The Morgan fingerprint density at radius 3 is 3.00 bits per heavy atom. The molecule has 0 amide bonds. The second kappa shape index (κ2) is 5.92. The molecular weight excluding hydrogens is 270 g/mol. The van der Waals surface area contributed by atoms with Crippen molar-refractivity contribution >= 4 is 33.6 Å². The van der Waals surface area contributed by atoms with E-state index in [1.54, 1.807) is 30.0 Å². The number of anilines is 1. The molecule has 0 radical (unpaired) electrons. The zero-order valence-corrected chi connectivity index (χ0v) is 11.7. The third kappa shape index (κ3) is 2.85. The molecule has 0 aliphatic heterocycles. The van der Waals surface area contributed by atoms with Crippen molar-refractivity contribution in [3.8, 4) is 0 Å². The maximum absolute atomic E-state index is 11.7. The van der Waals surface area contributed by atoms with Gasteiger partial charge in [0, 0.05) is 11.6 Å². The predicted molar refractivity (Wildman–Crippen MR) is 72.2 cm³/mol. The number of esters is 1. The van der Waals surface area contributed by atoms with E-state index < -0.39 is 5.97 Å². The number of hydrogen-bond acceptors (Lipinski definition) is 7. The van der Waals surface area contributed by atoms with E-state index in [0.29, 0.717) is 12.3 Å². The summed E-state index contributed by atoms with van der Waals surface area (Å²) in [4.78, 5) is 19.9. The number of hydrogen-bond donors (Lipinski definition) is 1. The second-order valence-electron chi connectivity index (χ2n) is 3.49. The smallest absolute Gasteiger partial charge is 0.360 e. The lowest BCUT2D eigenvalue weighted by Crippen LogP contribution is -2.11. The zero-order chi connectivity index (χ0) is 13.0. The Hall–Kier alpha value is -1.47. The third-order valence-corrected chi connectivity index (χ3v) is 3.92. The first-order valence-electron chi connectivity index (χ1n) is 5.49. The van der Waals surface area contributed by atoms with Crippen LogP contribution in [0.3, 0.4) is 0 Å². The van der Waals surface area contributed by atoms with Crippen molar-refractivity contribution in [2.45, 2.75) is 19.9 Å². The summed E-state index contributed by atoms with van der Waals surface area (Å²) in [6, 6.07) is 0.0404. The van der Waals surface area contributed by atoms with Crippen LogP contribution in [-0.2, 0) is 4.74 Å². The van der Waals surface area contributed by atoms with Crippen molar-refractivity contribution in [1.82, 2.24) is 9.97 Å². The lowest BCUT2D eigenvalue weighted by atomic mass is 10.3. The van der Waals surface area contributed by atoms with Gasteiger partial charge in [0.15, 0.2) is 5.69 Å². The molecule has 0 bridgehead atoms. The van der Waals surface area contributed by atoms with Crippen LogP contribution in [0, 0.1) is 0 Å². The van der Waals surface area contributed by atoms with Crippen LogP contribution in [0.2, 0.25) is 0 Å². The molecule has 96 valence electrons. The van der Waals surface area contributed by atoms with Crippen molar-refractivity contribution in [3.05, 3.63) is 27.8 Å². The Balaban J connectivity index is 2.10. The predicted octanol–water partition coefficient (Wildman–Crippen LogP) is 2.95. The van der Waals surface area contributed by atoms with Crippen molar-refractivity contribution in [2.24, 2.45) is 0 Å². The van der Waals surface area contributed by atoms with Crippen molar-refractivity contribution in [1.29, 1.82) is 0 Å². The fourth-order valence-electron chi connectivity index (χ4n) is 1.40. The maximum Gasteiger partial charge on any atom is 0.360 e. The fourth-order valence-corrected chi connectivity index (χ4v) is 2.80. The van der Waals surface area contributed by atoms with Gasteiger partial charge in [-0.05, 0) is 13.8 Å². The summed E-state index contributed by atoms with van der Waals surface area (Å²) in [5.74, 6) is -0.396. The number of thiazole rings is 2. The Morgan fingerprint density at radius 2 is 2.33 bits per heavy atom. The maximum atomic E-state index is 11.7. The Bertz CT molecular complexity index is 510. The Kier molecular flexibility index (Phi) is 4.27. The van der Waals surface area contributed by atoms with Crippen LogP contribution in [0.15, 0.2) is 17.1 Å². The SMILES string of the molecule is CCOC(=O)c1ncsc1NC(C)c1nccs1. The van der Waals surface area contributed by atoms with Gasteiger partial charge >= 0.3 is 5.97 Å². The summed E-state index contributed by atoms with van der Waals surface area (Å²) in [5, 5.41) is 6.85. The molecule has 0 fully saturated rings. The molecule has 0 aliphatic rings. The van der Waals surface area contributed by atoms with Crippen molar-refractivity contribution in [2.75, 3.05) is 11.9 Å². The lowest BCUT2D eigenvalue weighted by Gasteiger charge is -2.11. The number of carbonyl (C=O) groups is 1. The summed E-state index contributed by atoms with van der Waals surface area (Å²) < 4.78 is 4.95. The summed E-state index contributed by atoms with van der Waals surface area (Å²) in [6.07, 6.45) is 1.76. The highest BCUT2D eigenvalue weighted by molar-refractivity contribution is 7.14. The van der Waals surface area contributed by atoms with E-state index in [0.717, 1.165) is 10.0 Å². The minimum atomic E-state index is -0.396. The van der Waals surface area contributed by atoms with Gasteiger partial charge in [0.05, 0.1) is 18.2 Å². The number of ether oxygens (including phenoxy) is 1. The van der Waals surface area contributed by atoms with Gasteiger partial charge in [0.2, 0.25) is 0 Å². The highest BCUT2D eigenvalue weighted by Crippen LogP contribution is 2.27. The monoisotopic (exact) mass is 283 g/mol.